The van der Waals surface area contributed by atoms with Crippen LogP contribution in [0.25, 0.3) is 0 Å². The highest BCUT2D eigenvalue weighted by Crippen LogP contribution is 2.21. The third kappa shape index (κ3) is 5.62. The molecule has 0 aliphatic rings. The van der Waals surface area contributed by atoms with Crippen LogP contribution in [-0.4, -0.2) is 17.0 Å². The first-order valence-corrected chi connectivity index (χ1v) is 8.84. The largest absolute Gasteiger partial charge is 0.481 e. The molecule has 0 aliphatic carbocycles. The van der Waals surface area contributed by atoms with E-state index in [1.165, 1.54) is 0 Å². The number of benzene rings is 2. The Labute approximate surface area is 156 Å². The van der Waals surface area contributed by atoms with Gasteiger partial charge in [-0.2, -0.15) is 0 Å². The average molecular weight is 488 g/mol. The van der Waals surface area contributed by atoms with Crippen LogP contribution in [0.2, 0.25) is 0 Å². The Hall–Kier alpha value is -1.41. The van der Waals surface area contributed by atoms with Gasteiger partial charge in [-0.3, -0.25) is 9.59 Å². The molecule has 0 saturated heterocycles. The molecule has 0 aromatic heterocycles. The number of aliphatic carboxylic acids is 1. The highest BCUT2D eigenvalue weighted by Gasteiger charge is 2.22. The smallest absolute Gasteiger partial charge is 0.304 e. The van der Waals surface area contributed by atoms with Crippen molar-refractivity contribution in [2.75, 3.05) is 5.32 Å². The minimum absolute atomic E-state index is 0.203. The maximum absolute atomic E-state index is 12.5. The summed E-state index contributed by atoms with van der Waals surface area (Å²) < 4.78 is 1.86. The van der Waals surface area contributed by atoms with Crippen molar-refractivity contribution in [2.45, 2.75) is 12.8 Å². The molecule has 0 saturated carbocycles. The number of rotatable bonds is 6. The molecule has 120 valence electrons. The zero-order valence-electron chi connectivity index (χ0n) is 12.1. The normalized spacial score (nSPS) is 11.7. The molecule has 23 heavy (non-hydrogen) atoms. The van der Waals surface area contributed by atoms with Crippen LogP contribution in [0, 0.1) is 9.49 Å². The molecule has 0 fully saturated rings. The number of nitrogens with one attached hydrogen (secondary N) is 1. The van der Waals surface area contributed by atoms with Crippen LogP contribution in [0.5, 0.6) is 0 Å². The summed E-state index contributed by atoms with van der Waals surface area (Å²) in [5.41, 5.74) is 1.63. The van der Waals surface area contributed by atoms with E-state index in [9.17, 15) is 9.59 Å². The van der Waals surface area contributed by atoms with Crippen LogP contribution in [0.3, 0.4) is 0 Å². The van der Waals surface area contributed by atoms with Crippen molar-refractivity contribution in [3.63, 3.8) is 0 Å². The van der Waals surface area contributed by atoms with Gasteiger partial charge in [-0.25, -0.2) is 0 Å². The van der Waals surface area contributed by atoms with Gasteiger partial charge in [0, 0.05) is 8.04 Å². The van der Waals surface area contributed by atoms with Gasteiger partial charge in [-0.15, -0.1) is 0 Å². The fraction of sp³-hybridized carbons (Fsp3) is 0.176. The molecule has 0 radical (unpaired) electrons. The first-order chi connectivity index (χ1) is 11.0. The quantitative estimate of drug-likeness (QED) is 0.596. The molecule has 1 unspecified atom stereocenters. The number of carboxylic acids is 1. The molecular formula is C17H15BrINO3. The van der Waals surface area contributed by atoms with Gasteiger partial charge < -0.3 is 10.4 Å². The Bertz CT molecular complexity index is 703. The molecule has 6 heteroatoms. The van der Waals surface area contributed by atoms with Crippen LogP contribution in [-0.2, 0) is 16.0 Å². The number of anilines is 1. The van der Waals surface area contributed by atoms with Gasteiger partial charge in [0.1, 0.15) is 0 Å². The lowest BCUT2D eigenvalue weighted by Gasteiger charge is -2.16. The standard InChI is InChI=1S/C17H15BrINO3/c18-13-7-5-11(6-8-13)9-12(10-16(21)22)17(23)20-15-4-2-1-3-14(15)19/h1-8,12H,9-10H2,(H,20,23)(H,21,22). The number of para-hydroxylation sites is 1. The highest BCUT2D eigenvalue weighted by atomic mass is 127. The highest BCUT2D eigenvalue weighted by molar-refractivity contribution is 14.1. The maximum atomic E-state index is 12.5. The van der Waals surface area contributed by atoms with Crippen LogP contribution < -0.4 is 5.32 Å². The van der Waals surface area contributed by atoms with E-state index in [2.05, 4.69) is 43.8 Å². The molecule has 4 nitrogen and oxygen atoms in total. The summed E-state index contributed by atoms with van der Waals surface area (Å²) in [7, 11) is 0. The van der Waals surface area contributed by atoms with E-state index < -0.39 is 11.9 Å². The van der Waals surface area contributed by atoms with Gasteiger partial charge in [0.25, 0.3) is 0 Å². The molecule has 2 N–H and O–H groups in total. The van der Waals surface area contributed by atoms with Crippen molar-refractivity contribution in [2.24, 2.45) is 5.92 Å². The van der Waals surface area contributed by atoms with Crippen LogP contribution >= 0.6 is 38.5 Å². The zero-order valence-corrected chi connectivity index (χ0v) is 15.9. The predicted octanol–water partition coefficient (Wildman–Crippen LogP) is 4.33. The molecule has 2 rings (SSSR count). The van der Waals surface area contributed by atoms with Crippen LogP contribution in [0.15, 0.2) is 53.0 Å². The summed E-state index contributed by atoms with van der Waals surface area (Å²) in [4.78, 5) is 23.6. The number of amides is 1. The zero-order chi connectivity index (χ0) is 16.8. The maximum Gasteiger partial charge on any atom is 0.304 e. The second kappa shape index (κ2) is 8.44. The van der Waals surface area contributed by atoms with Crippen LogP contribution in [0.1, 0.15) is 12.0 Å². The SMILES string of the molecule is O=C(O)CC(Cc1ccc(Br)cc1)C(=O)Nc1ccccc1I. The minimum atomic E-state index is -0.981. The average Bonchev–Trinajstić information content (AvgIpc) is 2.50. The fourth-order valence-corrected chi connectivity index (χ4v) is 2.96. The number of halogens is 2. The van der Waals surface area contributed by atoms with E-state index in [1.807, 2.05) is 42.5 Å². The van der Waals surface area contributed by atoms with Crippen molar-refractivity contribution < 1.29 is 14.7 Å². The fourth-order valence-electron chi connectivity index (χ4n) is 2.17. The van der Waals surface area contributed by atoms with Crippen molar-refractivity contribution in [3.8, 4) is 0 Å². The third-order valence-electron chi connectivity index (χ3n) is 3.32. The lowest BCUT2D eigenvalue weighted by molar-refractivity contribution is -0.140. The van der Waals surface area contributed by atoms with Crippen molar-refractivity contribution >= 4 is 56.1 Å². The van der Waals surface area contributed by atoms with Crippen molar-refractivity contribution in [1.29, 1.82) is 0 Å². The van der Waals surface area contributed by atoms with Gasteiger partial charge >= 0.3 is 5.97 Å². The monoisotopic (exact) mass is 487 g/mol. The van der Waals surface area contributed by atoms with E-state index in [0.29, 0.717) is 12.1 Å². The third-order valence-corrected chi connectivity index (χ3v) is 4.79. The summed E-state index contributed by atoms with van der Waals surface area (Å²) in [5.74, 6) is -1.88. The lowest BCUT2D eigenvalue weighted by atomic mass is 9.95. The summed E-state index contributed by atoms with van der Waals surface area (Å²) in [6.45, 7) is 0. The Morgan fingerprint density at radius 2 is 1.78 bits per heavy atom. The molecule has 0 heterocycles. The van der Waals surface area contributed by atoms with Gasteiger partial charge in [-0.05, 0) is 58.8 Å². The summed E-state index contributed by atoms with van der Waals surface area (Å²) in [5, 5.41) is 11.9. The minimum Gasteiger partial charge on any atom is -0.481 e. The number of hydrogen-bond acceptors (Lipinski definition) is 2. The Morgan fingerprint density at radius 3 is 2.39 bits per heavy atom. The van der Waals surface area contributed by atoms with Crippen molar-refractivity contribution in [3.05, 3.63) is 62.1 Å². The Morgan fingerprint density at radius 1 is 1.13 bits per heavy atom. The molecule has 2 aromatic rings. The second-order valence-electron chi connectivity index (χ2n) is 5.09. The Balaban J connectivity index is 2.13. The second-order valence-corrected chi connectivity index (χ2v) is 7.17. The first-order valence-electron chi connectivity index (χ1n) is 6.97. The van der Waals surface area contributed by atoms with Gasteiger partial charge in [-0.1, -0.05) is 40.2 Å². The molecular weight excluding hydrogens is 473 g/mol. The molecule has 1 atom stereocenters. The van der Waals surface area contributed by atoms with Crippen LogP contribution in [0.4, 0.5) is 5.69 Å². The number of carbonyl (C=O) groups excluding carboxylic acids is 1. The molecule has 0 aliphatic heterocycles. The summed E-state index contributed by atoms with van der Waals surface area (Å²) in [6.07, 6.45) is 0.181. The van der Waals surface area contributed by atoms with E-state index in [1.54, 1.807) is 6.07 Å². The molecule has 2 aromatic carbocycles. The topological polar surface area (TPSA) is 66.4 Å². The number of hydrogen-bond donors (Lipinski definition) is 2. The van der Waals surface area contributed by atoms with E-state index in [0.717, 1.165) is 13.6 Å². The molecule has 0 bridgehead atoms. The van der Waals surface area contributed by atoms with Gasteiger partial charge in [0.2, 0.25) is 5.91 Å². The van der Waals surface area contributed by atoms with E-state index in [4.69, 9.17) is 5.11 Å². The van der Waals surface area contributed by atoms with E-state index >= 15 is 0 Å². The lowest BCUT2D eigenvalue weighted by Crippen LogP contribution is -2.27. The first kappa shape index (κ1) is 17.9. The van der Waals surface area contributed by atoms with Crippen molar-refractivity contribution in [1.82, 2.24) is 0 Å². The summed E-state index contributed by atoms with van der Waals surface area (Å²) in [6, 6.07) is 14.9. The van der Waals surface area contributed by atoms with Gasteiger partial charge in [0.15, 0.2) is 0 Å². The number of carboxylic acid groups (broad SMARTS) is 1. The number of carbonyl (C=O) groups is 2. The Kier molecular flexibility index (Phi) is 6.59. The molecule has 0 spiro atoms. The van der Waals surface area contributed by atoms with Gasteiger partial charge in [0.05, 0.1) is 18.0 Å². The predicted molar refractivity (Wildman–Crippen MR) is 101 cm³/mol. The summed E-state index contributed by atoms with van der Waals surface area (Å²) >= 11 is 5.49. The van der Waals surface area contributed by atoms with E-state index in [-0.39, 0.29) is 12.3 Å². The molecule has 1 amide bonds.